The van der Waals surface area contributed by atoms with Gasteiger partial charge in [-0.05, 0) is 29.8 Å². The van der Waals surface area contributed by atoms with Gasteiger partial charge in [-0.25, -0.2) is 4.42 Å². The SMILES string of the molecule is COc1cc(/C=C/c2[o+]c(C)cc3cc4c(cc23)OCO4)ccc1O. The Morgan fingerprint density at radius 2 is 1.88 bits per heavy atom. The first-order chi connectivity index (χ1) is 12.1. The summed E-state index contributed by atoms with van der Waals surface area (Å²) >= 11 is 0. The van der Waals surface area contributed by atoms with Crippen LogP contribution in [0.3, 0.4) is 0 Å². The summed E-state index contributed by atoms with van der Waals surface area (Å²) in [7, 11) is 1.52. The second-order valence-corrected chi connectivity index (χ2v) is 5.78. The van der Waals surface area contributed by atoms with Gasteiger partial charge in [0.15, 0.2) is 23.0 Å². The Balaban J connectivity index is 1.78. The highest BCUT2D eigenvalue weighted by molar-refractivity contribution is 5.93. The van der Waals surface area contributed by atoms with E-state index in [0.29, 0.717) is 11.5 Å². The molecule has 4 rings (SSSR count). The van der Waals surface area contributed by atoms with E-state index >= 15 is 0 Å². The van der Waals surface area contributed by atoms with Gasteiger partial charge in [-0.3, -0.25) is 0 Å². The molecule has 0 spiro atoms. The van der Waals surface area contributed by atoms with E-state index in [1.807, 2.05) is 37.3 Å². The van der Waals surface area contributed by atoms with Crippen molar-refractivity contribution in [1.29, 1.82) is 0 Å². The van der Waals surface area contributed by atoms with Crippen LogP contribution in [-0.2, 0) is 0 Å². The second kappa shape index (κ2) is 6.02. The largest absolute Gasteiger partial charge is 0.504 e. The lowest BCUT2D eigenvalue weighted by molar-refractivity contribution is 0.174. The minimum absolute atomic E-state index is 0.109. The van der Waals surface area contributed by atoms with Gasteiger partial charge < -0.3 is 19.3 Å². The molecule has 0 aliphatic carbocycles. The molecule has 0 radical (unpaired) electrons. The molecule has 0 bridgehead atoms. The van der Waals surface area contributed by atoms with Crippen LogP contribution in [0.2, 0.25) is 0 Å². The van der Waals surface area contributed by atoms with Crippen LogP contribution in [0, 0.1) is 6.92 Å². The predicted molar refractivity (Wildman–Crippen MR) is 95.1 cm³/mol. The van der Waals surface area contributed by atoms with Crippen LogP contribution in [0.25, 0.3) is 22.9 Å². The Labute approximate surface area is 144 Å². The number of methoxy groups -OCH3 is 1. The van der Waals surface area contributed by atoms with E-state index < -0.39 is 0 Å². The molecular weight excluding hydrogens is 320 g/mol. The maximum atomic E-state index is 9.69. The minimum atomic E-state index is 0.109. The number of ether oxygens (including phenoxy) is 3. The quantitative estimate of drug-likeness (QED) is 0.706. The Bertz CT molecular complexity index is 991. The fourth-order valence-corrected chi connectivity index (χ4v) is 2.86. The second-order valence-electron chi connectivity index (χ2n) is 5.78. The van der Waals surface area contributed by atoms with Gasteiger partial charge in [0.2, 0.25) is 6.79 Å². The van der Waals surface area contributed by atoms with Gasteiger partial charge in [0, 0.05) is 23.6 Å². The number of phenolic OH excluding ortho intramolecular Hbond substituents is 1. The van der Waals surface area contributed by atoms with Crippen molar-refractivity contribution in [2.75, 3.05) is 13.9 Å². The number of aromatic hydroxyl groups is 1. The number of rotatable bonds is 3. The van der Waals surface area contributed by atoms with Crippen molar-refractivity contribution < 1.29 is 23.7 Å². The molecule has 0 saturated heterocycles. The number of aryl methyl sites for hydroxylation is 1. The van der Waals surface area contributed by atoms with Crippen LogP contribution in [-0.4, -0.2) is 19.0 Å². The standard InChI is InChI=1S/C20H16O5/c1-12-7-14-9-19-20(24-11-23-19)10-15(14)17(25-12)6-4-13-3-5-16(21)18(8-13)22-2/h3-10H,11H2,1-2H3/p+1/b6-4+. The fraction of sp³-hybridized carbons (Fsp3) is 0.150. The highest BCUT2D eigenvalue weighted by Gasteiger charge is 2.20. The first-order valence-corrected chi connectivity index (χ1v) is 7.86. The summed E-state index contributed by atoms with van der Waals surface area (Å²) in [4.78, 5) is 0. The maximum Gasteiger partial charge on any atom is 0.360 e. The van der Waals surface area contributed by atoms with Crippen molar-refractivity contribution in [3.05, 3.63) is 53.5 Å². The number of fused-ring (bicyclic) bond motifs is 2. The molecule has 25 heavy (non-hydrogen) atoms. The smallest absolute Gasteiger partial charge is 0.360 e. The summed E-state index contributed by atoms with van der Waals surface area (Å²) in [5.41, 5.74) is 0.889. The van der Waals surface area contributed by atoms with Crippen molar-refractivity contribution >= 4 is 22.9 Å². The van der Waals surface area contributed by atoms with Gasteiger partial charge in [0.25, 0.3) is 0 Å². The van der Waals surface area contributed by atoms with Crippen LogP contribution in [0.4, 0.5) is 0 Å². The van der Waals surface area contributed by atoms with Crippen molar-refractivity contribution in [3.8, 4) is 23.0 Å². The van der Waals surface area contributed by atoms with E-state index in [0.717, 1.165) is 33.6 Å². The monoisotopic (exact) mass is 337 g/mol. The molecule has 5 nitrogen and oxygen atoms in total. The lowest BCUT2D eigenvalue weighted by atomic mass is 10.1. The molecule has 2 aromatic carbocycles. The van der Waals surface area contributed by atoms with E-state index in [2.05, 4.69) is 0 Å². The van der Waals surface area contributed by atoms with E-state index in [1.165, 1.54) is 7.11 Å². The van der Waals surface area contributed by atoms with Gasteiger partial charge in [0.1, 0.15) is 0 Å². The molecule has 126 valence electrons. The highest BCUT2D eigenvalue weighted by atomic mass is 16.7. The topological polar surface area (TPSA) is 59.2 Å². The van der Waals surface area contributed by atoms with Gasteiger partial charge in [-0.1, -0.05) is 6.07 Å². The Hall–Kier alpha value is -3.21. The first-order valence-electron chi connectivity index (χ1n) is 7.86. The molecule has 0 fully saturated rings. The van der Waals surface area contributed by atoms with Gasteiger partial charge in [-0.15, -0.1) is 0 Å². The summed E-state index contributed by atoms with van der Waals surface area (Å²) in [5.74, 6) is 3.52. The third-order valence-electron chi connectivity index (χ3n) is 4.07. The van der Waals surface area contributed by atoms with E-state index in [9.17, 15) is 5.11 Å². The Morgan fingerprint density at radius 1 is 1.08 bits per heavy atom. The molecule has 0 saturated carbocycles. The molecule has 2 heterocycles. The zero-order chi connectivity index (χ0) is 17.4. The number of benzene rings is 2. The molecule has 1 aromatic heterocycles. The maximum absolute atomic E-state index is 9.69. The van der Waals surface area contributed by atoms with Crippen molar-refractivity contribution in [3.63, 3.8) is 0 Å². The summed E-state index contributed by atoms with van der Waals surface area (Å²) in [6, 6.07) is 11.0. The zero-order valence-corrected chi connectivity index (χ0v) is 13.9. The van der Waals surface area contributed by atoms with Crippen LogP contribution in [0.15, 0.2) is 40.8 Å². The molecular formula is C20H17O5+. The normalized spacial score (nSPS) is 12.9. The summed E-state index contributed by atoms with van der Waals surface area (Å²) in [6.45, 7) is 2.14. The number of hydrogen-bond acceptors (Lipinski definition) is 4. The number of phenols is 1. The van der Waals surface area contributed by atoms with E-state index in [4.69, 9.17) is 18.6 Å². The average molecular weight is 337 g/mol. The number of hydrogen-bond donors (Lipinski definition) is 1. The van der Waals surface area contributed by atoms with Crippen LogP contribution < -0.4 is 14.2 Å². The lowest BCUT2D eigenvalue weighted by Crippen LogP contribution is -1.92. The first kappa shape index (κ1) is 15.3. The van der Waals surface area contributed by atoms with Crippen LogP contribution in [0.1, 0.15) is 17.1 Å². The molecule has 1 aliphatic rings. The molecule has 0 unspecified atom stereocenters. The lowest BCUT2D eigenvalue weighted by Gasteiger charge is -2.03. The molecule has 0 amide bonds. The fourth-order valence-electron chi connectivity index (χ4n) is 2.86. The van der Waals surface area contributed by atoms with Crippen molar-refractivity contribution in [1.82, 2.24) is 0 Å². The molecule has 1 N–H and O–H groups in total. The molecule has 1 aliphatic heterocycles. The average Bonchev–Trinajstić information content (AvgIpc) is 3.06. The van der Waals surface area contributed by atoms with Crippen LogP contribution >= 0.6 is 0 Å². The van der Waals surface area contributed by atoms with Gasteiger partial charge >= 0.3 is 11.5 Å². The molecule has 0 atom stereocenters. The third-order valence-corrected chi connectivity index (χ3v) is 4.07. The Kier molecular flexibility index (Phi) is 3.69. The minimum Gasteiger partial charge on any atom is -0.504 e. The highest BCUT2D eigenvalue weighted by Crippen LogP contribution is 2.38. The zero-order valence-electron chi connectivity index (χ0n) is 13.9. The van der Waals surface area contributed by atoms with E-state index in [-0.39, 0.29) is 12.5 Å². The summed E-state index contributed by atoms with van der Waals surface area (Å²) < 4.78 is 21.9. The van der Waals surface area contributed by atoms with Crippen molar-refractivity contribution in [2.24, 2.45) is 0 Å². The molecule has 5 heteroatoms. The van der Waals surface area contributed by atoms with Crippen LogP contribution in [0.5, 0.6) is 23.0 Å². The summed E-state index contributed by atoms with van der Waals surface area (Å²) in [5, 5.41) is 11.7. The summed E-state index contributed by atoms with van der Waals surface area (Å²) in [6.07, 6.45) is 3.80. The molecule has 3 aromatic rings. The van der Waals surface area contributed by atoms with Crippen molar-refractivity contribution in [2.45, 2.75) is 6.92 Å². The van der Waals surface area contributed by atoms with Gasteiger partial charge in [0.05, 0.1) is 19.4 Å². The predicted octanol–water partition coefficient (Wildman–Crippen LogP) is 4.64. The Morgan fingerprint density at radius 3 is 2.68 bits per heavy atom. The van der Waals surface area contributed by atoms with Gasteiger partial charge in [-0.2, -0.15) is 0 Å². The third kappa shape index (κ3) is 2.85. The van der Waals surface area contributed by atoms with E-state index in [1.54, 1.807) is 18.2 Å².